The Bertz CT molecular complexity index is 1090. The van der Waals surface area contributed by atoms with Crippen molar-refractivity contribution in [2.24, 2.45) is 5.41 Å². The van der Waals surface area contributed by atoms with Crippen LogP contribution in [0.25, 0.3) is 0 Å². The molecule has 1 saturated heterocycles. The molecule has 1 aliphatic rings. The van der Waals surface area contributed by atoms with Crippen molar-refractivity contribution in [3.05, 3.63) is 35.9 Å². The van der Waals surface area contributed by atoms with Crippen LogP contribution in [0.1, 0.15) is 207 Å². The average Bonchev–Trinajstić information content (AvgIpc) is 3.18. The summed E-state index contributed by atoms with van der Waals surface area (Å²) in [7, 11) is 0. The number of unbranched alkanes of at least 4 members (excludes halogenated alkanes) is 22. The van der Waals surface area contributed by atoms with Crippen LogP contribution in [0.2, 0.25) is 0 Å². The minimum Gasteiger partial charge on any atom is -0.444 e. The SMILES string of the molecule is CCCCCCCCCCCCCCOCC(CNC(=O)C1(Cc2ccccc2)CCCN(C(=O)OC(C)(C)C)C1)OCCCCCCCCCCCCCC. The van der Waals surface area contributed by atoms with Crippen LogP contribution in [-0.2, 0) is 25.4 Å². The number of likely N-dealkylation sites (tertiary alicyclic amines) is 1. The number of hydrogen-bond donors (Lipinski definition) is 1. The molecule has 1 N–H and O–H groups in total. The Morgan fingerprint density at radius 2 is 1.18 bits per heavy atom. The summed E-state index contributed by atoms with van der Waals surface area (Å²) in [6, 6.07) is 10.2. The fourth-order valence-corrected chi connectivity index (χ4v) is 8.02. The number of ether oxygens (including phenoxy) is 3. The van der Waals surface area contributed by atoms with E-state index in [4.69, 9.17) is 14.2 Å². The highest BCUT2D eigenvalue weighted by atomic mass is 16.6. The lowest BCUT2D eigenvalue weighted by Gasteiger charge is -2.42. The fraction of sp³-hybridized carbons (Fsp3) is 0.837. The third-order valence-electron chi connectivity index (χ3n) is 11.4. The van der Waals surface area contributed by atoms with Crippen LogP contribution in [0.3, 0.4) is 0 Å². The van der Waals surface area contributed by atoms with Gasteiger partial charge in [-0.15, -0.1) is 0 Å². The van der Waals surface area contributed by atoms with Gasteiger partial charge in [-0.05, 0) is 58.4 Å². The fourth-order valence-electron chi connectivity index (χ4n) is 8.02. The van der Waals surface area contributed by atoms with Gasteiger partial charge in [-0.25, -0.2) is 4.79 Å². The number of carbonyl (C=O) groups excluding carboxylic acids is 2. The molecular weight excluding hydrogens is 697 g/mol. The molecule has 1 heterocycles. The number of carbonyl (C=O) groups is 2. The van der Waals surface area contributed by atoms with Crippen LogP contribution in [0.15, 0.2) is 30.3 Å². The molecule has 2 atom stereocenters. The van der Waals surface area contributed by atoms with Gasteiger partial charge in [0.1, 0.15) is 5.60 Å². The van der Waals surface area contributed by atoms with Crippen molar-refractivity contribution in [2.45, 2.75) is 220 Å². The number of nitrogens with one attached hydrogen (secondary N) is 1. The molecule has 324 valence electrons. The molecule has 2 rings (SSSR count). The maximum Gasteiger partial charge on any atom is 0.410 e. The number of hydrogen-bond acceptors (Lipinski definition) is 5. The summed E-state index contributed by atoms with van der Waals surface area (Å²) in [5.74, 6) is -0.0189. The monoisotopic (exact) mass is 785 g/mol. The van der Waals surface area contributed by atoms with E-state index >= 15 is 0 Å². The van der Waals surface area contributed by atoms with Crippen molar-refractivity contribution in [2.75, 3.05) is 39.5 Å². The minimum absolute atomic E-state index is 0.0189. The molecule has 7 heteroatoms. The minimum atomic E-state index is -0.744. The molecule has 56 heavy (non-hydrogen) atoms. The Morgan fingerprint density at radius 1 is 0.696 bits per heavy atom. The molecule has 0 aromatic heterocycles. The Balaban J connectivity index is 1.87. The Hall–Kier alpha value is -2.12. The molecule has 1 aromatic carbocycles. The smallest absolute Gasteiger partial charge is 0.410 e. The van der Waals surface area contributed by atoms with Gasteiger partial charge in [-0.3, -0.25) is 4.79 Å². The number of nitrogens with zero attached hydrogens (tertiary/aromatic N) is 1. The number of piperidine rings is 1. The molecule has 1 aliphatic heterocycles. The standard InChI is InChI=1S/C49H88N2O5/c1-6-8-10-12-14-16-18-20-22-24-26-31-38-54-42-45(55-39-32-27-25-23-21-19-17-15-13-11-9-7-2)41-50-46(52)49(40-44-34-29-28-30-35-44)36-33-37-51(43-49)47(53)56-48(3,4)5/h28-30,34-35,45H,6-27,31-33,36-43H2,1-5H3,(H,50,52). The lowest BCUT2D eigenvalue weighted by molar-refractivity contribution is -0.135. The van der Waals surface area contributed by atoms with Crippen molar-refractivity contribution in [3.63, 3.8) is 0 Å². The van der Waals surface area contributed by atoms with Crippen LogP contribution in [0.4, 0.5) is 4.79 Å². The predicted octanol–water partition coefficient (Wildman–Crippen LogP) is 13.2. The van der Waals surface area contributed by atoms with Crippen molar-refractivity contribution in [1.29, 1.82) is 0 Å². The van der Waals surface area contributed by atoms with Crippen LogP contribution in [0.5, 0.6) is 0 Å². The number of rotatable bonds is 34. The van der Waals surface area contributed by atoms with Gasteiger partial charge in [-0.1, -0.05) is 185 Å². The quantitative estimate of drug-likeness (QED) is 0.0704. The van der Waals surface area contributed by atoms with Gasteiger partial charge in [-0.2, -0.15) is 0 Å². The van der Waals surface area contributed by atoms with Gasteiger partial charge in [0, 0.05) is 32.8 Å². The van der Waals surface area contributed by atoms with Gasteiger partial charge < -0.3 is 24.4 Å². The van der Waals surface area contributed by atoms with E-state index in [1.165, 1.54) is 141 Å². The summed E-state index contributed by atoms with van der Waals surface area (Å²) in [4.78, 5) is 29.2. The first-order valence-electron chi connectivity index (χ1n) is 23.7. The highest BCUT2D eigenvalue weighted by Crippen LogP contribution is 2.35. The molecule has 2 unspecified atom stereocenters. The second kappa shape index (κ2) is 31.8. The van der Waals surface area contributed by atoms with Gasteiger partial charge in [0.25, 0.3) is 0 Å². The highest BCUT2D eigenvalue weighted by molar-refractivity contribution is 5.84. The van der Waals surface area contributed by atoms with E-state index in [9.17, 15) is 9.59 Å². The normalized spacial score (nSPS) is 16.6. The highest BCUT2D eigenvalue weighted by Gasteiger charge is 2.44. The zero-order valence-electron chi connectivity index (χ0n) is 37.3. The van der Waals surface area contributed by atoms with E-state index in [2.05, 4.69) is 31.3 Å². The third-order valence-corrected chi connectivity index (χ3v) is 11.4. The van der Waals surface area contributed by atoms with E-state index in [1.807, 2.05) is 39.0 Å². The van der Waals surface area contributed by atoms with E-state index in [0.29, 0.717) is 45.7 Å². The molecule has 0 bridgehead atoms. The van der Waals surface area contributed by atoms with E-state index in [1.54, 1.807) is 4.90 Å². The summed E-state index contributed by atoms with van der Waals surface area (Å²) in [5.41, 5.74) is -0.240. The topological polar surface area (TPSA) is 77.1 Å². The predicted molar refractivity (Wildman–Crippen MR) is 235 cm³/mol. The molecule has 1 aromatic rings. The molecule has 0 aliphatic carbocycles. The molecule has 0 saturated carbocycles. The number of benzene rings is 1. The average molecular weight is 785 g/mol. The molecule has 0 spiro atoms. The Kier molecular flexibility index (Phi) is 28.4. The summed E-state index contributed by atoms with van der Waals surface area (Å²) in [6.07, 6.45) is 33.1. The summed E-state index contributed by atoms with van der Waals surface area (Å²) in [5, 5.41) is 3.29. The summed E-state index contributed by atoms with van der Waals surface area (Å²) < 4.78 is 18.4. The maximum absolute atomic E-state index is 14.3. The van der Waals surface area contributed by atoms with Crippen LogP contribution in [0, 0.1) is 5.41 Å². The van der Waals surface area contributed by atoms with Gasteiger partial charge in [0.05, 0.1) is 18.1 Å². The van der Waals surface area contributed by atoms with Crippen LogP contribution < -0.4 is 5.32 Å². The molecular formula is C49H88N2O5. The van der Waals surface area contributed by atoms with E-state index < -0.39 is 11.0 Å². The second-order valence-corrected chi connectivity index (χ2v) is 18.0. The maximum atomic E-state index is 14.3. The number of amides is 2. The van der Waals surface area contributed by atoms with Gasteiger partial charge in [0.2, 0.25) is 5.91 Å². The lowest BCUT2D eigenvalue weighted by atomic mass is 9.74. The summed E-state index contributed by atoms with van der Waals surface area (Å²) in [6.45, 7) is 13.4. The molecule has 2 amide bonds. The molecule has 7 nitrogen and oxygen atoms in total. The van der Waals surface area contributed by atoms with Crippen molar-refractivity contribution < 1.29 is 23.8 Å². The van der Waals surface area contributed by atoms with Crippen molar-refractivity contribution >= 4 is 12.0 Å². The Labute approximate surface area is 345 Å². The van der Waals surface area contributed by atoms with Crippen LogP contribution >= 0.6 is 0 Å². The third kappa shape index (κ3) is 24.6. The zero-order valence-corrected chi connectivity index (χ0v) is 37.3. The van der Waals surface area contributed by atoms with Crippen molar-refractivity contribution in [1.82, 2.24) is 10.2 Å². The van der Waals surface area contributed by atoms with E-state index in [0.717, 1.165) is 31.4 Å². The molecule has 0 radical (unpaired) electrons. The summed E-state index contributed by atoms with van der Waals surface area (Å²) >= 11 is 0. The van der Waals surface area contributed by atoms with Crippen molar-refractivity contribution in [3.8, 4) is 0 Å². The zero-order chi connectivity index (χ0) is 40.6. The second-order valence-electron chi connectivity index (χ2n) is 18.0. The molecule has 1 fully saturated rings. The van der Waals surface area contributed by atoms with Crippen LogP contribution in [-0.4, -0.2) is 68.1 Å². The Morgan fingerprint density at radius 3 is 1.68 bits per heavy atom. The lowest BCUT2D eigenvalue weighted by Crippen LogP contribution is -2.56. The van der Waals surface area contributed by atoms with E-state index in [-0.39, 0.29) is 18.1 Å². The first kappa shape index (κ1) is 50.0. The van der Waals surface area contributed by atoms with Gasteiger partial charge in [0.15, 0.2) is 0 Å². The first-order valence-corrected chi connectivity index (χ1v) is 23.7. The van der Waals surface area contributed by atoms with Gasteiger partial charge >= 0.3 is 6.09 Å². The largest absolute Gasteiger partial charge is 0.444 e. The first-order chi connectivity index (χ1) is 27.2.